The van der Waals surface area contributed by atoms with Gasteiger partial charge in [-0.3, -0.25) is 0 Å². The molecule has 14 nitrogen and oxygen atoms in total. The zero-order valence-electron chi connectivity index (χ0n) is 63.3. The Bertz CT molecular complexity index is 3700. The van der Waals surface area contributed by atoms with E-state index in [1.54, 1.807) is 50.5 Å². The second kappa shape index (κ2) is 43.4. The van der Waals surface area contributed by atoms with Crippen LogP contribution in [0.15, 0.2) is 127 Å². The molecule has 0 aliphatic carbocycles. The van der Waals surface area contributed by atoms with E-state index in [-0.39, 0.29) is 53.8 Å². The Morgan fingerprint density at radius 1 is 0.352 bits per heavy atom. The van der Waals surface area contributed by atoms with Crippen LogP contribution in [0.3, 0.4) is 0 Å². The number of nitrogens with one attached hydrogen (secondary N) is 5. The third kappa shape index (κ3) is 24.8. The number of hydrogen-bond acceptors (Lipinski definition) is 14. The third-order valence-electron chi connectivity index (χ3n) is 19.2. The highest BCUT2D eigenvalue weighted by Crippen LogP contribution is 2.42. The first-order chi connectivity index (χ1) is 51.9. The predicted octanol–water partition coefficient (Wildman–Crippen LogP) is 15.4. The smallest absolute Gasteiger partial charge is 0.372 e. The highest BCUT2D eigenvalue weighted by molar-refractivity contribution is 6.30. The number of hydrogen-bond donors (Lipinski definition) is 5. The van der Waals surface area contributed by atoms with Crippen LogP contribution in [-0.4, -0.2) is 164 Å². The summed E-state index contributed by atoms with van der Waals surface area (Å²) in [5.41, 5.74) is 10.8. The number of halogens is 11. The molecule has 108 heavy (non-hydrogen) atoms. The van der Waals surface area contributed by atoms with Crippen LogP contribution in [-0.2, 0) is 90.5 Å². The van der Waals surface area contributed by atoms with Gasteiger partial charge in [0.2, 0.25) is 0 Å². The van der Waals surface area contributed by atoms with Gasteiger partial charge >= 0.3 is 12.4 Å². The van der Waals surface area contributed by atoms with Gasteiger partial charge in [-0.05, 0) is 212 Å². The van der Waals surface area contributed by atoms with E-state index in [0.29, 0.717) is 89.8 Å². The predicted molar refractivity (Wildman–Crippen MR) is 403 cm³/mol. The van der Waals surface area contributed by atoms with Gasteiger partial charge in [0.1, 0.15) is 23.3 Å². The minimum atomic E-state index is -4.32. The summed E-state index contributed by atoms with van der Waals surface area (Å²) in [7, 11) is 13.2. The Morgan fingerprint density at radius 2 is 0.620 bits per heavy atom. The summed E-state index contributed by atoms with van der Waals surface area (Å²) in [4.78, 5) is 4.04. The summed E-state index contributed by atoms with van der Waals surface area (Å²) in [5.74, 6) is -0.566. The standard InChI is InChI=1S/2C12H14F3NO.4C12H16FNO.C11H14ClNO/c2*1-16-7-10-11-8(5-6-17-10)3-2-4-9(11)12(13,14)15;2*1-14(2)8-11-12-9(6-7-15-11)4-3-5-10(12)13;2*1-2-14-8-11-12-9(6-7-15-11)4-3-5-10(12)13;1-13-7-11-10-3-2-9(12)6-8(10)4-5-14-11/h2*2-4,10,16H,5-7H2,1H3;2*3-5,11H,6-8H2,1-2H3;2*3-5,11,14H,2,6-8H2,1H3;2-3,6,11,13H,4-5,7H2,1H3/t2*10-;5*11-/m1010100/s1. The maximum absolute atomic E-state index is 13.7. The van der Waals surface area contributed by atoms with Crippen LogP contribution in [0.25, 0.3) is 0 Å². The molecule has 0 amide bonds. The molecular weight excluding hydrogens is 1430 g/mol. The Hall–Kier alpha value is -6.43. The molecule has 7 aliphatic rings. The van der Waals surface area contributed by atoms with Crippen LogP contribution < -0.4 is 26.6 Å². The van der Waals surface area contributed by atoms with Crippen molar-refractivity contribution in [1.29, 1.82) is 0 Å². The first-order valence-corrected chi connectivity index (χ1v) is 37.5. The molecule has 7 aliphatic heterocycles. The summed E-state index contributed by atoms with van der Waals surface area (Å²) >= 11 is 5.94. The Kier molecular flexibility index (Phi) is 35.0. The van der Waals surface area contributed by atoms with Gasteiger partial charge in [-0.2, -0.15) is 26.3 Å². The monoisotopic (exact) mass is 1540 g/mol. The maximum Gasteiger partial charge on any atom is 0.416 e. The molecule has 0 unspecified atom stereocenters. The SMILES string of the molecule is CCNC[C@@H]1OCCc2cccc(F)c21.CCNC[C@H]1OCCc2cccc(F)c21.CN(C)C[C@@H]1OCCc2cccc(F)c21.CN(C)C[C@H]1OCCc2cccc(F)c21.CNC[C@@H]1OCCc2cc(Cl)ccc21.CNC[C@@H]1OCCc2cccc(C(F)(F)F)c21.CNC[C@H]1OCCc2cccc(C(F)(F)F)c21. The zero-order chi connectivity index (χ0) is 77.9. The molecule has 592 valence electrons. The van der Waals surface area contributed by atoms with Crippen molar-refractivity contribution in [3.8, 4) is 0 Å². The van der Waals surface area contributed by atoms with E-state index in [2.05, 4.69) is 32.7 Å². The second-order valence-corrected chi connectivity index (χ2v) is 27.9. The van der Waals surface area contributed by atoms with E-state index in [4.69, 9.17) is 44.8 Å². The number of likely N-dealkylation sites (N-methyl/N-ethyl adjacent to an activating group) is 7. The van der Waals surface area contributed by atoms with Gasteiger partial charge in [-0.1, -0.05) is 104 Å². The summed E-state index contributed by atoms with van der Waals surface area (Å²) in [6.07, 6.45) is -4.67. The Labute approximate surface area is 635 Å². The highest BCUT2D eigenvalue weighted by atomic mass is 35.5. The number of rotatable bonds is 16. The topological polar surface area (TPSA) is 131 Å². The lowest BCUT2D eigenvalue weighted by atomic mass is 9.92. The van der Waals surface area contributed by atoms with E-state index < -0.39 is 35.7 Å². The summed E-state index contributed by atoms with van der Waals surface area (Å²) in [5, 5.41) is 16.1. The van der Waals surface area contributed by atoms with Crippen LogP contribution in [0.2, 0.25) is 5.02 Å². The molecule has 0 fully saturated rings. The number of nitrogens with zero attached hydrogens (tertiary/aromatic N) is 2. The van der Waals surface area contributed by atoms with Gasteiger partial charge in [0.25, 0.3) is 0 Å². The van der Waals surface area contributed by atoms with E-state index >= 15 is 0 Å². The summed E-state index contributed by atoms with van der Waals surface area (Å²) in [6, 6.07) is 35.8. The second-order valence-electron chi connectivity index (χ2n) is 27.4. The molecule has 25 heteroatoms. The molecular formula is C83H106ClF10N7O7. The first-order valence-electron chi connectivity index (χ1n) is 37.1. The molecule has 5 N–H and O–H groups in total. The van der Waals surface area contributed by atoms with Crippen molar-refractivity contribution in [1.82, 2.24) is 36.4 Å². The average Bonchev–Trinajstić information content (AvgIpc) is 0.791. The average molecular weight is 1540 g/mol. The maximum atomic E-state index is 13.7. The van der Waals surface area contributed by atoms with Crippen molar-refractivity contribution in [3.05, 3.63) is 245 Å². The van der Waals surface area contributed by atoms with Crippen LogP contribution in [0.4, 0.5) is 43.9 Å². The van der Waals surface area contributed by atoms with E-state index in [0.717, 1.165) is 144 Å². The number of fused-ring (bicyclic) bond motifs is 7. The van der Waals surface area contributed by atoms with Crippen LogP contribution in [0.1, 0.15) is 146 Å². The van der Waals surface area contributed by atoms with Gasteiger partial charge in [0.05, 0.1) is 100 Å². The molecule has 14 rings (SSSR count). The van der Waals surface area contributed by atoms with Crippen LogP contribution in [0, 0.1) is 23.3 Å². The fraction of sp³-hybridized carbons (Fsp3) is 0.494. The zero-order valence-corrected chi connectivity index (χ0v) is 64.1. The van der Waals surface area contributed by atoms with Crippen molar-refractivity contribution in [2.24, 2.45) is 0 Å². The quantitative estimate of drug-likeness (QED) is 0.0588. The fourth-order valence-corrected chi connectivity index (χ4v) is 14.5. The van der Waals surface area contributed by atoms with E-state index in [9.17, 15) is 43.9 Å². The Morgan fingerprint density at radius 3 is 0.926 bits per heavy atom. The Balaban J connectivity index is 0.000000159. The molecule has 0 spiro atoms. The minimum Gasteiger partial charge on any atom is -0.372 e. The van der Waals surface area contributed by atoms with Crippen molar-refractivity contribution in [2.75, 3.05) is 154 Å². The molecule has 7 aromatic carbocycles. The van der Waals surface area contributed by atoms with Crippen LogP contribution in [0.5, 0.6) is 0 Å². The lowest BCUT2D eigenvalue weighted by molar-refractivity contribution is -0.140. The van der Waals surface area contributed by atoms with Crippen LogP contribution >= 0.6 is 11.6 Å². The summed E-state index contributed by atoms with van der Waals surface area (Å²) in [6.45, 7) is 14.8. The molecule has 0 radical (unpaired) electrons. The normalized spacial score (nSPS) is 20.2. The van der Waals surface area contributed by atoms with Gasteiger partial charge in [-0.15, -0.1) is 0 Å². The van der Waals surface area contributed by atoms with Crippen molar-refractivity contribution in [3.63, 3.8) is 0 Å². The van der Waals surface area contributed by atoms with E-state index in [1.807, 2.05) is 95.3 Å². The van der Waals surface area contributed by atoms with Crippen molar-refractivity contribution in [2.45, 2.75) is 114 Å². The molecule has 7 atom stereocenters. The number of benzene rings is 7. The molecule has 7 heterocycles. The number of alkyl halides is 6. The first kappa shape index (κ1) is 87.2. The number of ether oxygens (including phenoxy) is 7. The van der Waals surface area contributed by atoms with Gasteiger partial charge in [0, 0.05) is 73.1 Å². The summed E-state index contributed by atoms with van der Waals surface area (Å²) < 4.78 is 171. The van der Waals surface area contributed by atoms with Gasteiger partial charge in [0.15, 0.2) is 0 Å². The van der Waals surface area contributed by atoms with E-state index in [1.165, 1.54) is 47.5 Å². The van der Waals surface area contributed by atoms with Gasteiger partial charge in [-0.25, -0.2) is 17.6 Å². The fourth-order valence-electron chi connectivity index (χ4n) is 14.3. The molecule has 0 aromatic heterocycles. The molecule has 7 aromatic rings. The molecule has 0 saturated heterocycles. The highest BCUT2D eigenvalue weighted by Gasteiger charge is 2.40. The molecule has 0 bridgehead atoms. The minimum absolute atomic E-state index is 0.120. The van der Waals surface area contributed by atoms with Gasteiger partial charge < -0.3 is 69.5 Å². The lowest BCUT2D eigenvalue weighted by Gasteiger charge is -2.29. The van der Waals surface area contributed by atoms with Crippen molar-refractivity contribution >= 4 is 11.6 Å². The molecule has 0 saturated carbocycles. The largest absolute Gasteiger partial charge is 0.416 e. The lowest BCUT2D eigenvalue weighted by Crippen LogP contribution is -2.28. The van der Waals surface area contributed by atoms with Crippen molar-refractivity contribution < 1.29 is 77.1 Å². The third-order valence-corrected chi connectivity index (χ3v) is 19.4.